The summed E-state index contributed by atoms with van der Waals surface area (Å²) in [5.41, 5.74) is 0.803. The van der Waals surface area contributed by atoms with Crippen LogP contribution in [0.2, 0.25) is 0 Å². The summed E-state index contributed by atoms with van der Waals surface area (Å²) < 4.78 is 11.4. The van der Waals surface area contributed by atoms with Crippen molar-refractivity contribution in [2.75, 3.05) is 13.7 Å². The van der Waals surface area contributed by atoms with E-state index in [1.807, 2.05) is 30.3 Å². The second-order valence-electron chi connectivity index (χ2n) is 6.54. The molecule has 1 unspecified atom stereocenters. The number of aliphatic hydroxyl groups is 1. The number of carbonyl (C=O) groups is 1. The van der Waals surface area contributed by atoms with Gasteiger partial charge in [-0.1, -0.05) is 30.3 Å². The molecule has 3 aliphatic heterocycles. The van der Waals surface area contributed by atoms with Crippen molar-refractivity contribution in [3.8, 4) is 0 Å². The Morgan fingerprint density at radius 3 is 2.42 bits per heavy atom. The molecule has 0 amide bonds. The molecule has 6 nitrogen and oxygen atoms in total. The zero-order valence-electron chi connectivity index (χ0n) is 13.5. The highest BCUT2D eigenvalue weighted by molar-refractivity contribution is 8.93. The number of piperidine rings is 1. The Hall–Kier alpha value is -0.990. The van der Waals surface area contributed by atoms with Crippen LogP contribution in [0.15, 0.2) is 30.3 Å². The van der Waals surface area contributed by atoms with Crippen LogP contribution in [0.4, 0.5) is 0 Å². The van der Waals surface area contributed by atoms with E-state index < -0.39 is 5.92 Å². The van der Waals surface area contributed by atoms with Crippen molar-refractivity contribution in [3.63, 3.8) is 0 Å². The highest BCUT2D eigenvalue weighted by Gasteiger charge is 2.62. The topological polar surface area (TPSA) is 93.8 Å². The van der Waals surface area contributed by atoms with Crippen molar-refractivity contribution >= 4 is 23.0 Å². The fourth-order valence-corrected chi connectivity index (χ4v) is 4.04. The molecular formula is C17H24BrNO5. The molecule has 3 saturated heterocycles. The average Bonchev–Trinajstić information content (AvgIpc) is 3.27. The number of esters is 1. The molecule has 24 heavy (non-hydrogen) atoms. The summed E-state index contributed by atoms with van der Waals surface area (Å²) in [6, 6.07) is 10.1. The molecule has 1 aromatic carbocycles. The molecule has 0 spiro atoms. The molecule has 3 heterocycles. The fourth-order valence-electron chi connectivity index (χ4n) is 4.04. The van der Waals surface area contributed by atoms with E-state index in [1.54, 1.807) is 0 Å². The van der Waals surface area contributed by atoms with Crippen molar-refractivity contribution in [1.29, 1.82) is 0 Å². The maximum absolute atomic E-state index is 12.4. The first-order valence-electron chi connectivity index (χ1n) is 7.92. The van der Waals surface area contributed by atoms with Gasteiger partial charge in [0.1, 0.15) is 24.2 Å². The lowest BCUT2D eigenvalue weighted by molar-refractivity contribution is -0.156. The minimum atomic E-state index is -0.593. The lowest BCUT2D eigenvalue weighted by Crippen LogP contribution is -2.48. The molecule has 0 aliphatic carbocycles. The molecule has 0 aromatic heterocycles. The zero-order valence-corrected chi connectivity index (χ0v) is 15.2. The third-order valence-electron chi connectivity index (χ3n) is 5.33. The molecule has 0 saturated carbocycles. The van der Waals surface area contributed by atoms with Gasteiger partial charge in [0.15, 0.2) is 0 Å². The number of hydrogen-bond acceptors (Lipinski definition) is 5. The Morgan fingerprint density at radius 2 is 1.88 bits per heavy atom. The largest absolute Gasteiger partial charge is 0.462 e. The monoisotopic (exact) mass is 401 g/mol. The second kappa shape index (κ2) is 7.49. The van der Waals surface area contributed by atoms with Crippen LogP contribution < -0.4 is 0 Å². The SMILES string of the molecule is Br.CN1[C@@H]2CC(OC(=O)[C@H](CO)c3ccccc3)C[C@H]1[C@@H]1O[C@@H]12.O. The van der Waals surface area contributed by atoms with Gasteiger partial charge < -0.3 is 20.1 Å². The molecule has 4 rings (SSSR count). The van der Waals surface area contributed by atoms with E-state index in [0.29, 0.717) is 24.3 Å². The third kappa shape index (κ3) is 3.23. The minimum Gasteiger partial charge on any atom is -0.462 e. The normalized spacial score (nSPS) is 34.3. The van der Waals surface area contributed by atoms with Crippen LogP contribution >= 0.6 is 17.0 Å². The summed E-state index contributed by atoms with van der Waals surface area (Å²) in [7, 11) is 2.13. The lowest BCUT2D eigenvalue weighted by Gasteiger charge is -2.38. The molecule has 134 valence electrons. The lowest BCUT2D eigenvalue weighted by atomic mass is 9.97. The number of rotatable bonds is 4. The highest BCUT2D eigenvalue weighted by atomic mass is 79.9. The predicted molar refractivity (Wildman–Crippen MR) is 93.3 cm³/mol. The molecule has 6 atom stereocenters. The molecule has 2 bridgehead atoms. The summed E-state index contributed by atoms with van der Waals surface area (Å²) in [4.78, 5) is 14.8. The van der Waals surface area contributed by atoms with Gasteiger partial charge in [0.25, 0.3) is 0 Å². The number of epoxide rings is 1. The molecule has 3 aliphatic rings. The number of aliphatic hydroxyl groups excluding tert-OH is 1. The van der Waals surface area contributed by atoms with Crippen molar-refractivity contribution < 1.29 is 24.9 Å². The summed E-state index contributed by atoms with van der Waals surface area (Å²) in [6.07, 6.45) is 2.26. The van der Waals surface area contributed by atoms with Gasteiger partial charge in [0.05, 0.1) is 6.61 Å². The maximum atomic E-state index is 12.4. The van der Waals surface area contributed by atoms with E-state index in [0.717, 1.165) is 18.4 Å². The first kappa shape index (κ1) is 19.3. The van der Waals surface area contributed by atoms with Crippen molar-refractivity contribution in [3.05, 3.63) is 35.9 Å². The quantitative estimate of drug-likeness (QED) is 0.590. The average molecular weight is 402 g/mol. The number of carbonyl (C=O) groups excluding carboxylic acids is 1. The molecule has 3 N–H and O–H groups in total. The van der Waals surface area contributed by atoms with E-state index in [4.69, 9.17) is 9.47 Å². The number of nitrogens with zero attached hydrogens (tertiary/aromatic N) is 1. The number of likely N-dealkylation sites (N-methyl/N-ethyl adjacent to an activating group) is 1. The number of benzene rings is 1. The van der Waals surface area contributed by atoms with Crippen molar-refractivity contribution in [2.45, 2.75) is 49.2 Å². The van der Waals surface area contributed by atoms with Crippen LogP contribution in [0, 0.1) is 0 Å². The van der Waals surface area contributed by atoms with Crippen LogP contribution in [-0.2, 0) is 14.3 Å². The summed E-state index contributed by atoms with van der Waals surface area (Å²) in [5.74, 6) is -0.915. The van der Waals surface area contributed by atoms with Gasteiger partial charge in [0.2, 0.25) is 0 Å². The zero-order chi connectivity index (χ0) is 15.3. The molecule has 3 fully saturated rings. The van der Waals surface area contributed by atoms with Crippen LogP contribution in [0.3, 0.4) is 0 Å². The Morgan fingerprint density at radius 1 is 1.29 bits per heavy atom. The van der Waals surface area contributed by atoms with Crippen molar-refractivity contribution in [1.82, 2.24) is 4.90 Å². The highest BCUT2D eigenvalue weighted by Crippen LogP contribution is 2.48. The van der Waals surface area contributed by atoms with Crippen LogP contribution in [0.1, 0.15) is 24.3 Å². The van der Waals surface area contributed by atoms with E-state index >= 15 is 0 Å². The Balaban J connectivity index is 0.00000104. The molecule has 0 radical (unpaired) electrons. The number of halogens is 1. The van der Waals surface area contributed by atoms with E-state index in [9.17, 15) is 9.90 Å². The molecular weight excluding hydrogens is 378 g/mol. The van der Waals surface area contributed by atoms with Gasteiger partial charge in [-0.05, 0) is 12.6 Å². The van der Waals surface area contributed by atoms with Crippen molar-refractivity contribution in [2.24, 2.45) is 0 Å². The second-order valence-corrected chi connectivity index (χ2v) is 6.54. The van der Waals surface area contributed by atoms with Crippen LogP contribution in [0.5, 0.6) is 0 Å². The number of ether oxygens (including phenoxy) is 2. The van der Waals surface area contributed by atoms with E-state index in [1.165, 1.54) is 0 Å². The smallest absolute Gasteiger partial charge is 0.316 e. The molecule has 1 aromatic rings. The first-order chi connectivity index (χ1) is 10.7. The van der Waals surface area contributed by atoms with Gasteiger partial charge in [-0.3, -0.25) is 9.69 Å². The summed E-state index contributed by atoms with van der Waals surface area (Å²) >= 11 is 0. The number of fused-ring (bicyclic) bond motifs is 5. The Labute approximate surface area is 151 Å². The maximum Gasteiger partial charge on any atom is 0.316 e. The van der Waals surface area contributed by atoms with Crippen LogP contribution in [-0.4, -0.2) is 65.5 Å². The standard InChI is InChI=1S/C17H21NO4.BrH.H2O/c1-18-13-7-11(8-14(18)16-15(13)22-16)21-17(20)12(9-19)10-5-3-2-4-6-10;;/h2-6,11-16,19H,7-9H2,1H3;1H;1H2/t11?,12-,13-,14+,15-,16+;;/m1../s1. The predicted octanol–water partition coefficient (Wildman–Crippen LogP) is 0.671. The fraction of sp³-hybridized carbons (Fsp3) is 0.588. The Bertz CT molecular complexity index is 553. The number of hydrogen-bond donors (Lipinski definition) is 1. The van der Waals surface area contributed by atoms with Gasteiger partial charge in [0, 0.05) is 24.9 Å². The van der Waals surface area contributed by atoms with E-state index in [-0.39, 0.29) is 41.1 Å². The molecule has 7 heteroatoms. The Kier molecular flexibility index (Phi) is 6.04. The van der Waals surface area contributed by atoms with Gasteiger partial charge >= 0.3 is 5.97 Å². The van der Waals surface area contributed by atoms with Gasteiger partial charge in [-0.15, -0.1) is 17.0 Å². The van der Waals surface area contributed by atoms with Gasteiger partial charge in [-0.2, -0.15) is 0 Å². The van der Waals surface area contributed by atoms with Gasteiger partial charge in [-0.25, -0.2) is 0 Å². The van der Waals surface area contributed by atoms with Crippen LogP contribution in [0.25, 0.3) is 0 Å². The summed E-state index contributed by atoms with van der Waals surface area (Å²) in [6.45, 7) is -0.226. The summed E-state index contributed by atoms with van der Waals surface area (Å²) in [5, 5.41) is 9.56. The first-order valence-corrected chi connectivity index (χ1v) is 7.92. The minimum absolute atomic E-state index is 0. The van der Waals surface area contributed by atoms with E-state index in [2.05, 4.69) is 11.9 Å². The third-order valence-corrected chi connectivity index (χ3v) is 5.33. The number of morpholine rings is 1.